The Morgan fingerprint density at radius 2 is 1.94 bits per heavy atom. The first-order valence-electron chi connectivity index (χ1n) is 4.87. The molecule has 0 amide bonds. The molecule has 0 bridgehead atoms. The lowest BCUT2D eigenvalue weighted by Crippen LogP contribution is -1.98. The molecule has 0 heterocycles. The lowest BCUT2D eigenvalue weighted by Gasteiger charge is -2.00. The number of aliphatic hydroxyl groups is 1. The summed E-state index contributed by atoms with van der Waals surface area (Å²) in [5, 5.41) is 10.3. The van der Waals surface area contributed by atoms with Crippen LogP contribution in [0.3, 0.4) is 0 Å². The Balaban J connectivity index is 2.92. The summed E-state index contributed by atoms with van der Waals surface area (Å²) in [6.07, 6.45) is 2.46. The van der Waals surface area contributed by atoms with Crippen molar-refractivity contribution in [2.45, 2.75) is 17.7 Å². The summed E-state index contributed by atoms with van der Waals surface area (Å²) in [6, 6.07) is 8.00. The second-order valence-corrected chi connectivity index (χ2v) is 5.09. The molecular formula is C12H14O3S. The first kappa shape index (κ1) is 12.5. The van der Waals surface area contributed by atoms with Gasteiger partial charge in [-0.2, -0.15) is 0 Å². The van der Waals surface area contributed by atoms with Gasteiger partial charge in [-0.25, -0.2) is 8.42 Å². The van der Waals surface area contributed by atoms with E-state index in [-0.39, 0.29) is 17.1 Å². The van der Waals surface area contributed by atoms with Crippen molar-refractivity contribution in [1.29, 1.82) is 0 Å². The van der Waals surface area contributed by atoms with Crippen LogP contribution in [0.4, 0.5) is 0 Å². The van der Waals surface area contributed by atoms with Gasteiger partial charge in [0.2, 0.25) is 9.84 Å². The summed E-state index contributed by atoms with van der Waals surface area (Å²) in [5.41, 5.74) is 0. The Morgan fingerprint density at radius 3 is 2.50 bits per heavy atom. The van der Waals surface area contributed by atoms with Crippen molar-refractivity contribution < 1.29 is 13.5 Å². The molecule has 4 heteroatoms. The molecule has 0 saturated heterocycles. The van der Waals surface area contributed by atoms with E-state index in [9.17, 15) is 13.5 Å². The van der Waals surface area contributed by atoms with Gasteiger partial charge < -0.3 is 5.11 Å². The summed E-state index contributed by atoms with van der Waals surface area (Å²) < 4.78 is 23.5. The Bertz CT molecular complexity index is 472. The van der Waals surface area contributed by atoms with E-state index in [1.165, 1.54) is 12.1 Å². The molecule has 0 aliphatic carbocycles. The fraction of sp³-hybridized carbons (Fsp3) is 0.167. The van der Waals surface area contributed by atoms with Gasteiger partial charge in [0.25, 0.3) is 0 Å². The first-order chi connectivity index (χ1) is 7.56. The van der Waals surface area contributed by atoms with Crippen LogP contribution in [-0.4, -0.2) is 13.5 Å². The van der Waals surface area contributed by atoms with E-state index in [1.807, 2.05) is 0 Å². The Hall–Kier alpha value is -1.55. The quantitative estimate of drug-likeness (QED) is 0.634. The average Bonchev–Trinajstić information content (AvgIpc) is 2.27. The molecule has 0 saturated carbocycles. The Morgan fingerprint density at radius 1 is 1.31 bits per heavy atom. The van der Waals surface area contributed by atoms with Gasteiger partial charge in [-0.3, -0.25) is 0 Å². The zero-order chi connectivity index (χ0) is 12.0. The molecule has 1 N–H and O–H groups in total. The van der Waals surface area contributed by atoms with Crippen LogP contribution >= 0.6 is 0 Å². The van der Waals surface area contributed by atoms with E-state index in [0.717, 1.165) is 5.41 Å². The largest absolute Gasteiger partial charge is 0.512 e. The first-order valence-corrected chi connectivity index (χ1v) is 6.41. The van der Waals surface area contributed by atoms with E-state index >= 15 is 0 Å². The molecule has 86 valence electrons. The highest BCUT2D eigenvalue weighted by atomic mass is 32.2. The summed E-state index contributed by atoms with van der Waals surface area (Å²) in [5.74, 6) is -0.149. The fourth-order valence-corrected chi connectivity index (χ4v) is 2.31. The zero-order valence-electron chi connectivity index (χ0n) is 8.83. The van der Waals surface area contributed by atoms with Crippen molar-refractivity contribution in [2.75, 3.05) is 0 Å². The summed E-state index contributed by atoms with van der Waals surface area (Å²) in [4.78, 5) is 0.181. The molecule has 0 aliphatic heterocycles. The van der Waals surface area contributed by atoms with E-state index in [4.69, 9.17) is 0 Å². The summed E-state index contributed by atoms with van der Waals surface area (Å²) in [6.45, 7) is 3.50. The third-order valence-electron chi connectivity index (χ3n) is 1.97. The molecular weight excluding hydrogens is 224 g/mol. The van der Waals surface area contributed by atoms with Crippen LogP contribution in [0.1, 0.15) is 12.8 Å². The van der Waals surface area contributed by atoms with Gasteiger partial charge in [-0.1, -0.05) is 24.3 Å². The maximum absolute atomic E-state index is 11.7. The number of benzene rings is 1. The molecule has 0 atom stereocenters. The van der Waals surface area contributed by atoms with Crippen LogP contribution in [0, 0.1) is 0 Å². The van der Waals surface area contributed by atoms with Gasteiger partial charge in [0.05, 0.1) is 10.3 Å². The lowest BCUT2D eigenvalue weighted by atomic mass is 10.3. The molecule has 3 nitrogen and oxygen atoms in total. The number of sulfone groups is 1. The molecule has 0 aliphatic rings. The SMILES string of the molecule is C=CCC/C(O)=C\S(=O)(=O)c1ccccc1. The standard InChI is InChI=1S/C12H14O3S/c1-2-3-7-11(13)10-16(14,15)12-8-5-4-6-9-12/h2,4-6,8-10,13H,1,3,7H2/b11-10+. The van der Waals surface area contributed by atoms with Crippen LogP contribution < -0.4 is 0 Å². The van der Waals surface area contributed by atoms with Gasteiger partial charge >= 0.3 is 0 Å². The highest BCUT2D eigenvalue weighted by Gasteiger charge is 2.11. The van der Waals surface area contributed by atoms with Crippen LogP contribution in [0.5, 0.6) is 0 Å². The number of aliphatic hydroxyl groups excluding tert-OH is 1. The number of hydrogen-bond donors (Lipinski definition) is 1. The monoisotopic (exact) mass is 238 g/mol. The lowest BCUT2D eigenvalue weighted by molar-refractivity contribution is 0.390. The molecule has 0 spiro atoms. The van der Waals surface area contributed by atoms with Crippen molar-refractivity contribution >= 4 is 9.84 Å². The zero-order valence-corrected chi connectivity index (χ0v) is 9.65. The molecule has 0 unspecified atom stereocenters. The van der Waals surface area contributed by atoms with Gasteiger partial charge in [0, 0.05) is 6.42 Å². The van der Waals surface area contributed by atoms with Gasteiger partial charge in [-0.15, -0.1) is 6.58 Å². The predicted octanol–water partition coefficient (Wildman–Crippen LogP) is 2.83. The number of rotatable bonds is 5. The third-order valence-corrected chi connectivity index (χ3v) is 3.48. The molecule has 0 aromatic heterocycles. The maximum atomic E-state index is 11.7. The van der Waals surface area contributed by atoms with Crippen molar-refractivity contribution in [3.05, 3.63) is 54.2 Å². The average molecular weight is 238 g/mol. The maximum Gasteiger partial charge on any atom is 0.203 e. The fourth-order valence-electron chi connectivity index (χ4n) is 1.17. The minimum atomic E-state index is -3.54. The predicted molar refractivity (Wildman–Crippen MR) is 63.8 cm³/mol. The van der Waals surface area contributed by atoms with E-state index < -0.39 is 9.84 Å². The molecule has 1 aromatic carbocycles. The molecule has 0 radical (unpaired) electrons. The van der Waals surface area contributed by atoms with Gasteiger partial charge in [-0.05, 0) is 18.6 Å². The van der Waals surface area contributed by atoms with Crippen molar-refractivity contribution in [1.82, 2.24) is 0 Å². The van der Waals surface area contributed by atoms with Gasteiger partial charge in [0.1, 0.15) is 5.76 Å². The minimum absolute atomic E-state index is 0.149. The minimum Gasteiger partial charge on any atom is -0.512 e. The Labute approximate surface area is 95.7 Å². The molecule has 16 heavy (non-hydrogen) atoms. The Kier molecular flexibility index (Phi) is 4.31. The van der Waals surface area contributed by atoms with Crippen molar-refractivity contribution in [2.24, 2.45) is 0 Å². The second kappa shape index (κ2) is 5.51. The topological polar surface area (TPSA) is 54.4 Å². The number of hydrogen-bond acceptors (Lipinski definition) is 3. The number of allylic oxidation sites excluding steroid dienone is 2. The van der Waals surface area contributed by atoms with E-state index in [1.54, 1.807) is 24.3 Å². The second-order valence-electron chi connectivity index (χ2n) is 3.29. The van der Waals surface area contributed by atoms with E-state index in [2.05, 4.69) is 6.58 Å². The molecule has 1 rings (SSSR count). The smallest absolute Gasteiger partial charge is 0.203 e. The van der Waals surface area contributed by atoms with Crippen LogP contribution in [0.15, 0.2) is 59.0 Å². The third kappa shape index (κ3) is 3.55. The van der Waals surface area contributed by atoms with E-state index in [0.29, 0.717) is 6.42 Å². The van der Waals surface area contributed by atoms with Crippen LogP contribution in [0.25, 0.3) is 0 Å². The molecule has 0 fully saturated rings. The van der Waals surface area contributed by atoms with Crippen LogP contribution in [0.2, 0.25) is 0 Å². The highest BCUT2D eigenvalue weighted by Crippen LogP contribution is 2.14. The highest BCUT2D eigenvalue weighted by molar-refractivity contribution is 7.94. The van der Waals surface area contributed by atoms with Crippen molar-refractivity contribution in [3.63, 3.8) is 0 Å². The molecule has 1 aromatic rings. The van der Waals surface area contributed by atoms with Gasteiger partial charge in [0.15, 0.2) is 0 Å². The van der Waals surface area contributed by atoms with Crippen molar-refractivity contribution in [3.8, 4) is 0 Å². The summed E-state index contributed by atoms with van der Waals surface area (Å²) >= 11 is 0. The van der Waals surface area contributed by atoms with Crippen LogP contribution in [-0.2, 0) is 9.84 Å². The normalized spacial score (nSPS) is 12.4. The summed E-state index contributed by atoms with van der Waals surface area (Å²) in [7, 11) is -3.54.